The normalized spacial score (nSPS) is 16.8. The van der Waals surface area contributed by atoms with Crippen molar-refractivity contribution in [2.24, 2.45) is 0 Å². The Morgan fingerprint density at radius 1 is 1.31 bits per heavy atom. The lowest BCUT2D eigenvalue weighted by Gasteiger charge is -2.23. The lowest BCUT2D eigenvalue weighted by molar-refractivity contribution is 0.245. The summed E-state index contributed by atoms with van der Waals surface area (Å²) in [6.45, 7) is 1.81. The maximum absolute atomic E-state index is 12.1. The number of anilines is 1. The van der Waals surface area contributed by atoms with Crippen LogP contribution in [0, 0.1) is 0 Å². The number of aromatic nitrogens is 2. The molecule has 3 rings (SSSR count). The SMILES string of the molecule is COc1ccc(Cc2nnc(NC(=O)N[C@H]3CCCNC3)s2)cc1OC. The molecular formula is C17H23N5O3S. The number of nitrogens with zero attached hydrogens (tertiary/aromatic N) is 2. The van der Waals surface area contributed by atoms with Gasteiger partial charge >= 0.3 is 6.03 Å². The van der Waals surface area contributed by atoms with Crippen molar-refractivity contribution in [1.29, 1.82) is 0 Å². The molecule has 1 atom stereocenters. The molecule has 1 aromatic carbocycles. The van der Waals surface area contributed by atoms with Crippen molar-refractivity contribution in [3.05, 3.63) is 28.8 Å². The van der Waals surface area contributed by atoms with Gasteiger partial charge in [-0.3, -0.25) is 5.32 Å². The molecule has 0 aliphatic carbocycles. The van der Waals surface area contributed by atoms with Gasteiger partial charge in [0.15, 0.2) is 11.5 Å². The molecule has 2 heterocycles. The summed E-state index contributed by atoms with van der Waals surface area (Å²) in [6, 6.07) is 5.64. The van der Waals surface area contributed by atoms with E-state index in [1.54, 1.807) is 14.2 Å². The van der Waals surface area contributed by atoms with Crippen LogP contribution in [0.25, 0.3) is 0 Å². The Labute approximate surface area is 156 Å². The number of rotatable bonds is 6. The zero-order valence-corrected chi connectivity index (χ0v) is 15.7. The third kappa shape index (κ3) is 4.83. The second-order valence-corrected chi connectivity index (χ2v) is 7.07. The highest BCUT2D eigenvalue weighted by Gasteiger charge is 2.16. The molecule has 0 radical (unpaired) electrons. The van der Waals surface area contributed by atoms with Gasteiger partial charge in [0, 0.05) is 19.0 Å². The molecule has 140 valence electrons. The van der Waals surface area contributed by atoms with Gasteiger partial charge in [-0.1, -0.05) is 17.4 Å². The minimum absolute atomic E-state index is 0.155. The van der Waals surface area contributed by atoms with Crippen LogP contribution in [0.1, 0.15) is 23.4 Å². The minimum atomic E-state index is -0.243. The second kappa shape index (κ2) is 8.81. The molecule has 1 aliphatic rings. The molecule has 2 aromatic rings. The topological polar surface area (TPSA) is 97.4 Å². The van der Waals surface area contributed by atoms with Crippen molar-refractivity contribution in [2.45, 2.75) is 25.3 Å². The molecule has 0 bridgehead atoms. The van der Waals surface area contributed by atoms with E-state index in [9.17, 15) is 4.79 Å². The number of hydrogen-bond acceptors (Lipinski definition) is 7. The average molecular weight is 377 g/mol. The van der Waals surface area contributed by atoms with E-state index >= 15 is 0 Å². The first-order valence-electron chi connectivity index (χ1n) is 8.49. The Morgan fingerprint density at radius 3 is 2.88 bits per heavy atom. The van der Waals surface area contributed by atoms with Gasteiger partial charge in [0.25, 0.3) is 0 Å². The highest BCUT2D eigenvalue weighted by Crippen LogP contribution is 2.29. The zero-order valence-electron chi connectivity index (χ0n) is 14.9. The van der Waals surface area contributed by atoms with Gasteiger partial charge in [0.1, 0.15) is 5.01 Å². The number of benzene rings is 1. The zero-order chi connectivity index (χ0) is 18.4. The first kappa shape index (κ1) is 18.4. The van der Waals surface area contributed by atoms with Crippen molar-refractivity contribution >= 4 is 22.5 Å². The van der Waals surface area contributed by atoms with Crippen LogP contribution in [0.2, 0.25) is 0 Å². The highest BCUT2D eigenvalue weighted by molar-refractivity contribution is 7.15. The van der Waals surface area contributed by atoms with Gasteiger partial charge in [-0.15, -0.1) is 10.2 Å². The van der Waals surface area contributed by atoms with Crippen LogP contribution in [-0.4, -0.2) is 49.6 Å². The molecule has 0 saturated carbocycles. The van der Waals surface area contributed by atoms with E-state index in [0.29, 0.717) is 23.1 Å². The molecule has 8 nitrogen and oxygen atoms in total. The fourth-order valence-corrected chi connectivity index (χ4v) is 3.60. The third-order valence-corrected chi connectivity index (χ3v) is 4.96. The summed E-state index contributed by atoms with van der Waals surface area (Å²) in [5, 5.41) is 18.5. The second-order valence-electron chi connectivity index (χ2n) is 6.01. The van der Waals surface area contributed by atoms with E-state index in [4.69, 9.17) is 9.47 Å². The largest absolute Gasteiger partial charge is 0.493 e. The Bertz CT molecular complexity index is 746. The fourth-order valence-electron chi connectivity index (χ4n) is 2.83. The lowest BCUT2D eigenvalue weighted by atomic mass is 10.1. The van der Waals surface area contributed by atoms with Crippen molar-refractivity contribution in [3.8, 4) is 11.5 Å². The predicted molar refractivity (Wildman–Crippen MR) is 100 cm³/mol. The summed E-state index contributed by atoms with van der Waals surface area (Å²) in [6.07, 6.45) is 2.66. The molecule has 1 fully saturated rings. The third-order valence-electron chi connectivity index (χ3n) is 4.12. The number of urea groups is 1. The molecular weight excluding hydrogens is 354 g/mol. The minimum Gasteiger partial charge on any atom is -0.493 e. The molecule has 1 saturated heterocycles. The summed E-state index contributed by atoms with van der Waals surface area (Å²) < 4.78 is 10.6. The maximum atomic E-state index is 12.1. The maximum Gasteiger partial charge on any atom is 0.321 e. The number of piperidine rings is 1. The summed E-state index contributed by atoms with van der Waals surface area (Å²) in [5.74, 6) is 1.36. The molecule has 26 heavy (non-hydrogen) atoms. The van der Waals surface area contributed by atoms with Crippen molar-refractivity contribution in [2.75, 3.05) is 32.6 Å². The number of hydrogen-bond donors (Lipinski definition) is 3. The van der Waals surface area contributed by atoms with Gasteiger partial charge in [0.2, 0.25) is 5.13 Å². The number of amides is 2. The summed E-state index contributed by atoms with van der Waals surface area (Å²) in [5.41, 5.74) is 1.03. The van der Waals surface area contributed by atoms with Crippen LogP contribution in [0.15, 0.2) is 18.2 Å². The van der Waals surface area contributed by atoms with Crippen LogP contribution < -0.4 is 25.4 Å². The standard InChI is InChI=1S/C17H23N5O3S/c1-24-13-6-5-11(8-14(13)25-2)9-15-21-22-17(26-15)20-16(23)19-12-4-3-7-18-10-12/h5-6,8,12,18H,3-4,7,9-10H2,1-2H3,(H2,19,20,22,23)/t12-/m0/s1. The smallest absolute Gasteiger partial charge is 0.321 e. The Hall–Kier alpha value is -2.39. The van der Waals surface area contributed by atoms with E-state index in [-0.39, 0.29) is 12.1 Å². The van der Waals surface area contributed by atoms with Crippen molar-refractivity contribution in [3.63, 3.8) is 0 Å². The van der Waals surface area contributed by atoms with Crippen molar-refractivity contribution in [1.82, 2.24) is 20.8 Å². The van der Waals surface area contributed by atoms with Crippen LogP contribution >= 0.6 is 11.3 Å². The number of carbonyl (C=O) groups is 1. The van der Waals surface area contributed by atoms with Gasteiger partial charge in [-0.25, -0.2) is 4.79 Å². The highest BCUT2D eigenvalue weighted by atomic mass is 32.1. The lowest BCUT2D eigenvalue weighted by Crippen LogP contribution is -2.47. The Balaban J connectivity index is 1.56. The van der Waals surface area contributed by atoms with E-state index in [1.807, 2.05) is 18.2 Å². The average Bonchev–Trinajstić information content (AvgIpc) is 3.09. The first-order valence-corrected chi connectivity index (χ1v) is 9.31. The van der Waals surface area contributed by atoms with Gasteiger partial charge < -0.3 is 20.1 Å². The van der Waals surface area contributed by atoms with E-state index < -0.39 is 0 Å². The van der Waals surface area contributed by atoms with E-state index in [1.165, 1.54) is 11.3 Å². The molecule has 2 amide bonds. The Kier molecular flexibility index (Phi) is 6.24. The Morgan fingerprint density at radius 2 is 2.15 bits per heavy atom. The number of carbonyl (C=O) groups excluding carboxylic acids is 1. The summed E-state index contributed by atoms with van der Waals surface area (Å²) in [4.78, 5) is 12.1. The van der Waals surface area contributed by atoms with Crippen LogP contribution in [0.4, 0.5) is 9.93 Å². The number of ether oxygens (including phenoxy) is 2. The van der Waals surface area contributed by atoms with Crippen molar-refractivity contribution < 1.29 is 14.3 Å². The van der Waals surface area contributed by atoms with Crippen LogP contribution in [-0.2, 0) is 6.42 Å². The summed E-state index contributed by atoms with van der Waals surface area (Å²) >= 11 is 1.36. The quantitative estimate of drug-likeness (QED) is 0.713. The molecule has 1 aromatic heterocycles. The molecule has 3 N–H and O–H groups in total. The van der Waals surface area contributed by atoms with Gasteiger partial charge in [0.05, 0.1) is 14.2 Å². The molecule has 0 spiro atoms. The molecule has 1 aliphatic heterocycles. The van der Waals surface area contributed by atoms with E-state index in [0.717, 1.165) is 36.5 Å². The molecule has 9 heteroatoms. The van der Waals surface area contributed by atoms with Gasteiger partial charge in [-0.05, 0) is 37.1 Å². The number of nitrogens with one attached hydrogen (secondary N) is 3. The van der Waals surface area contributed by atoms with Crippen LogP contribution in [0.3, 0.4) is 0 Å². The fraction of sp³-hybridized carbons (Fsp3) is 0.471. The molecule has 0 unspecified atom stereocenters. The first-order chi connectivity index (χ1) is 12.7. The predicted octanol–water partition coefficient (Wildman–Crippen LogP) is 2.02. The number of methoxy groups -OCH3 is 2. The van der Waals surface area contributed by atoms with Crippen LogP contribution in [0.5, 0.6) is 11.5 Å². The van der Waals surface area contributed by atoms with Gasteiger partial charge in [-0.2, -0.15) is 0 Å². The summed E-state index contributed by atoms with van der Waals surface area (Å²) in [7, 11) is 3.21. The monoisotopic (exact) mass is 377 g/mol. The van der Waals surface area contributed by atoms with E-state index in [2.05, 4.69) is 26.1 Å².